The Labute approximate surface area is 142 Å². The first-order valence-electron chi connectivity index (χ1n) is 7.90. The second kappa shape index (κ2) is 8.36. The summed E-state index contributed by atoms with van der Waals surface area (Å²) in [5.41, 5.74) is 2.19. The molecule has 2 rings (SSSR count). The smallest absolute Gasteiger partial charge is 0.255 e. The number of carbonyl (C=O) groups excluding carboxylic acids is 1. The van der Waals surface area contributed by atoms with E-state index in [1.807, 2.05) is 45.3 Å². The number of phenols is 1. The number of rotatable bonds is 7. The van der Waals surface area contributed by atoms with E-state index in [2.05, 4.69) is 10.2 Å². The number of ether oxygens (including phenoxy) is 1. The summed E-state index contributed by atoms with van der Waals surface area (Å²) in [7, 11) is 4.00. The number of carbonyl (C=O) groups is 1. The molecular formula is C19H24N2O3. The van der Waals surface area contributed by atoms with Gasteiger partial charge in [-0.2, -0.15) is 0 Å². The second-order valence-electron chi connectivity index (χ2n) is 6.00. The van der Waals surface area contributed by atoms with E-state index in [4.69, 9.17) is 4.74 Å². The molecule has 0 saturated heterocycles. The van der Waals surface area contributed by atoms with Crippen molar-refractivity contribution >= 4 is 5.91 Å². The number of aryl methyl sites for hydroxylation is 1. The third kappa shape index (κ3) is 5.28. The highest BCUT2D eigenvalue weighted by molar-refractivity contribution is 5.96. The number of hydrogen-bond acceptors (Lipinski definition) is 4. The van der Waals surface area contributed by atoms with E-state index in [0.717, 1.165) is 23.4 Å². The largest absolute Gasteiger partial charge is 0.507 e. The van der Waals surface area contributed by atoms with Crippen LogP contribution in [0, 0.1) is 6.92 Å². The van der Waals surface area contributed by atoms with E-state index in [1.54, 1.807) is 12.1 Å². The number of hydrogen-bond donors (Lipinski definition) is 2. The van der Waals surface area contributed by atoms with E-state index >= 15 is 0 Å². The maximum atomic E-state index is 12.2. The summed E-state index contributed by atoms with van der Waals surface area (Å²) in [6.45, 7) is 3.77. The van der Waals surface area contributed by atoms with Gasteiger partial charge in [-0.05, 0) is 50.8 Å². The molecule has 5 heteroatoms. The highest BCUT2D eigenvalue weighted by Crippen LogP contribution is 2.18. The van der Waals surface area contributed by atoms with Gasteiger partial charge < -0.3 is 20.1 Å². The van der Waals surface area contributed by atoms with Gasteiger partial charge in [0, 0.05) is 13.1 Å². The van der Waals surface area contributed by atoms with E-state index in [0.29, 0.717) is 18.7 Å². The Hall–Kier alpha value is -2.53. The van der Waals surface area contributed by atoms with Crippen LogP contribution in [0.1, 0.15) is 21.5 Å². The first kappa shape index (κ1) is 17.8. The van der Waals surface area contributed by atoms with E-state index in [9.17, 15) is 9.90 Å². The van der Waals surface area contributed by atoms with Gasteiger partial charge in [-0.1, -0.05) is 23.8 Å². The molecule has 2 aromatic carbocycles. The molecular weight excluding hydrogens is 304 g/mol. The fourth-order valence-electron chi connectivity index (χ4n) is 2.16. The molecule has 0 aromatic heterocycles. The minimum Gasteiger partial charge on any atom is -0.507 e. The van der Waals surface area contributed by atoms with Crippen LogP contribution in [0.5, 0.6) is 11.5 Å². The molecule has 0 saturated carbocycles. The van der Waals surface area contributed by atoms with Gasteiger partial charge in [-0.15, -0.1) is 0 Å². The van der Waals surface area contributed by atoms with Gasteiger partial charge in [0.1, 0.15) is 18.1 Å². The van der Waals surface area contributed by atoms with Gasteiger partial charge in [0.15, 0.2) is 0 Å². The Kier molecular flexibility index (Phi) is 6.21. The number of aromatic hydroxyl groups is 1. The van der Waals surface area contributed by atoms with Crippen LogP contribution in [-0.2, 0) is 6.54 Å². The van der Waals surface area contributed by atoms with Gasteiger partial charge >= 0.3 is 0 Å². The Morgan fingerprint density at radius 2 is 1.88 bits per heavy atom. The second-order valence-corrected chi connectivity index (χ2v) is 6.00. The number of phenolic OH excluding ortho intramolecular Hbond substituents is 1. The van der Waals surface area contributed by atoms with Crippen molar-refractivity contribution in [3.05, 3.63) is 59.2 Å². The lowest BCUT2D eigenvalue weighted by molar-refractivity contribution is 0.0948. The molecule has 0 spiro atoms. The first-order chi connectivity index (χ1) is 11.5. The lowest BCUT2D eigenvalue weighted by atomic mass is 10.1. The average Bonchev–Trinajstić information content (AvgIpc) is 2.55. The number of nitrogens with zero attached hydrogens (tertiary/aromatic N) is 1. The summed E-state index contributed by atoms with van der Waals surface area (Å²) in [6, 6.07) is 12.6. The maximum Gasteiger partial charge on any atom is 0.255 e. The Balaban J connectivity index is 1.87. The molecule has 0 fully saturated rings. The minimum atomic E-state index is -0.289. The Morgan fingerprint density at radius 3 is 2.54 bits per heavy atom. The van der Waals surface area contributed by atoms with Crippen LogP contribution in [0.25, 0.3) is 0 Å². The third-order valence-corrected chi connectivity index (χ3v) is 3.58. The summed E-state index contributed by atoms with van der Waals surface area (Å²) < 4.78 is 5.63. The number of nitrogens with one attached hydrogen (secondary N) is 1. The van der Waals surface area contributed by atoms with Crippen LogP contribution in [-0.4, -0.2) is 43.2 Å². The molecule has 24 heavy (non-hydrogen) atoms. The molecule has 0 heterocycles. The molecule has 5 nitrogen and oxygen atoms in total. The number of amides is 1. The van der Waals surface area contributed by atoms with Crippen molar-refractivity contribution in [2.45, 2.75) is 13.5 Å². The van der Waals surface area contributed by atoms with E-state index < -0.39 is 0 Å². The fourth-order valence-corrected chi connectivity index (χ4v) is 2.16. The lowest BCUT2D eigenvalue weighted by Crippen LogP contribution is -2.23. The van der Waals surface area contributed by atoms with E-state index in [-0.39, 0.29) is 11.7 Å². The summed E-state index contributed by atoms with van der Waals surface area (Å²) in [5, 5.41) is 12.6. The van der Waals surface area contributed by atoms with Crippen molar-refractivity contribution in [2.75, 3.05) is 27.2 Å². The summed E-state index contributed by atoms with van der Waals surface area (Å²) in [4.78, 5) is 14.2. The molecule has 2 aromatic rings. The van der Waals surface area contributed by atoms with Gasteiger partial charge in [0.05, 0.1) is 5.56 Å². The standard InChI is InChI=1S/C19H24N2O3/c1-14-4-9-18(22)17(12-14)19(23)20-13-15-5-7-16(8-6-15)24-11-10-21(2)3/h4-9,12,22H,10-11,13H2,1-3H3,(H,20,23). The van der Waals surface area contributed by atoms with Gasteiger partial charge in [-0.25, -0.2) is 0 Å². The summed E-state index contributed by atoms with van der Waals surface area (Å²) in [5.74, 6) is 0.508. The Bertz CT molecular complexity index is 682. The van der Waals surface area contributed by atoms with Gasteiger partial charge in [0.2, 0.25) is 0 Å². The van der Waals surface area contributed by atoms with Crippen LogP contribution in [0.15, 0.2) is 42.5 Å². The zero-order chi connectivity index (χ0) is 17.5. The summed E-state index contributed by atoms with van der Waals surface area (Å²) >= 11 is 0. The average molecular weight is 328 g/mol. The van der Waals surface area contributed by atoms with Gasteiger partial charge in [-0.3, -0.25) is 4.79 Å². The molecule has 0 unspecified atom stereocenters. The van der Waals surface area contributed by atoms with Crippen molar-refractivity contribution in [1.82, 2.24) is 10.2 Å². The molecule has 0 radical (unpaired) electrons. The zero-order valence-electron chi connectivity index (χ0n) is 14.4. The van der Waals surface area contributed by atoms with Crippen LogP contribution in [0.2, 0.25) is 0 Å². The predicted octanol–water partition coefficient (Wildman–Crippen LogP) is 2.57. The fraction of sp³-hybridized carbons (Fsp3) is 0.316. The molecule has 0 aliphatic carbocycles. The van der Waals surface area contributed by atoms with Gasteiger partial charge in [0.25, 0.3) is 5.91 Å². The SMILES string of the molecule is Cc1ccc(O)c(C(=O)NCc2ccc(OCCN(C)C)cc2)c1. The van der Waals surface area contributed by atoms with E-state index in [1.165, 1.54) is 6.07 Å². The monoisotopic (exact) mass is 328 g/mol. The molecule has 128 valence electrons. The van der Waals surface area contributed by atoms with Crippen LogP contribution < -0.4 is 10.1 Å². The quantitative estimate of drug-likeness (QED) is 0.820. The van der Waals surface area contributed by atoms with Crippen molar-refractivity contribution < 1.29 is 14.6 Å². The molecule has 2 N–H and O–H groups in total. The van der Waals surface area contributed by atoms with Crippen molar-refractivity contribution in [1.29, 1.82) is 0 Å². The van der Waals surface area contributed by atoms with Crippen molar-refractivity contribution in [3.63, 3.8) is 0 Å². The van der Waals surface area contributed by atoms with Crippen LogP contribution >= 0.6 is 0 Å². The van der Waals surface area contributed by atoms with Crippen LogP contribution in [0.3, 0.4) is 0 Å². The number of likely N-dealkylation sites (N-methyl/N-ethyl adjacent to an activating group) is 1. The third-order valence-electron chi connectivity index (χ3n) is 3.58. The predicted molar refractivity (Wildman–Crippen MR) is 94.5 cm³/mol. The highest BCUT2D eigenvalue weighted by atomic mass is 16.5. The maximum absolute atomic E-state index is 12.2. The molecule has 0 aliphatic rings. The topological polar surface area (TPSA) is 61.8 Å². The zero-order valence-corrected chi connectivity index (χ0v) is 14.4. The highest BCUT2D eigenvalue weighted by Gasteiger charge is 2.10. The minimum absolute atomic E-state index is 0.0114. The Morgan fingerprint density at radius 1 is 1.17 bits per heavy atom. The first-order valence-corrected chi connectivity index (χ1v) is 7.90. The molecule has 0 bridgehead atoms. The summed E-state index contributed by atoms with van der Waals surface area (Å²) in [6.07, 6.45) is 0. The van der Waals surface area contributed by atoms with Crippen LogP contribution in [0.4, 0.5) is 0 Å². The van der Waals surface area contributed by atoms with Crippen molar-refractivity contribution in [3.8, 4) is 11.5 Å². The molecule has 0 atom stereocenters. The normalized spacial score (nSPS) is 10.7. The molecule has 0 aliphatic heterocycles. The van der Waals surface area contributed by atoms with Crippen molar-refractivity contribution in [2.24, 2.45) is 0 Å². The molecule has 1 amide bonds. The number of benzene rings is 2. The lowest BCUT2D eigenvalue weighted by Gasteiger charge is -2.11.